The summed E-state index contributed by atoms with van der Waals surface area (Å²) in [4.78, 5) is 38.4. The molecule has 0 spiro atoms. The molecule has 204 valence electrons. The van der Waals surface area contributed by atoms with Gasteiger partial charge in [0.1, 0.15) is 5.75 Å². The minimum absolute atomic E-state index is 0.0373. The molecule has 8 nitrogen and oxygen atoms in total. The number of benzene rings is 3. The zero-order chi connectivity index (χ0) is 28.2. The number of phenols is 1. The number of nitrogens with zero attached hydrogens (tertiary/aromatic N) is 2. The van der Waals surface area contributed by atoms with Gasteiger partial charge in [-0.05, 0) is 53.8 Å². The van der Waals surface area contributed by atoms with E-state index < -0.39 is 18.0 Å². The van der Waals surface area contributed by atoms with E-state index in [1.165, 1.54) is 24.4 Å². The number of fused-ring (bicyclic) bond motifs is 1. The molecule has 1 aliphatic heterocycles. The van der Waals surface area contributed by atoms with Crippen LogP contribution >= 0.6 is 11.6 Å². The van der Waals surface area contributed by atoms with Gasteiger partial charge in [0.05, 0.1) is 11.2 Å². The Labute approximate surface area is 226 Å². The fraction of sp³-hybridized carbons (Fsp3) is 0.259. The van der Waals surface area contributed by atoms with Gasteiger partial charge in [-0.3, -0.25) is 14.4 Å². The van der Waals surface area contributed by atoms with E-state index in [0.717, 1.165) is 5.39 Å². The van der Waals surface area contributed by atoms with Gasteiger partial charge in [-0.2, -0.15) is 18.3 Å². The number of rotatable bonds is 6. The molecule has 0 bridgehead atoms. The number of carbonyl (C=O) groups is 3. The van der Waals surface area contributed by atoms with E-state index in [9.17, 15) is 32.7 Å². The number of nitrogens with one attached hydrogen (secondary N) is 2. The number of phenolic OH excluding ortho intramolecular Hbond substituents is 1. The number of hydrogen-bond acceptors (Lipinski definition) is 5. The molecule has 0 unspecified atom stereocenters. The van der Waals surface area contributed by atoms with Crippen LogP contribution in [0.2, 0.25) is 5.02 Å². The Morgan fingerprint density at radius 1 is 1.05 bits per heavy atom. The van der Waals surface area contributed by atoms with Crippen molar-refractivity contribution in [3.63, 3.8) is 0 Å². The fourth-order valence-electron chi connectivity index (χ4n) is 4.34. The largest absolute Gasteiger partial charge is 0.506 e. The zero-order valence-electron chi connectivity index (χ0n) is 20.5. The molecule has 3 aromatic carbocycles. The second-order valence-electron chi connectivity index (χ2n) is 9.06. The molecule has 3 aromatic rings. The third kappa shape index (κ3) is 6.66. The minimum atomic E-state index is -4.92. The molecule has 3 N–H and O–H groups in total. The van der Waals surface area contributed by atoms with Gasteiger partial charge in [-0.1, -0.05) is 41.9 Å². The Morgan fingerprint density at radius 3 is 2.41 bits per heavy atom. The van der Waals surface area contributed by atoms with E-state index in [4.69, 9.17) is 11.6 Å². The molecule has 0 atom stereocenters. The number of alkyl halides is 3. The van der Waals surface area contributed by atoms with Gasteiger partial charge in [0, 0.05) is 36.3 Å². The number of carbonyl (C=O) groups excluding carboxylic acids is 3. The van der Waals surface area contributed by atoms with Gasteiger partial charge in [0.15, 0.2) is 0 Å². The number of hydrogen-bond donors (Lipinski definition) is 3. The summed E-state index contributed by atoms with van der Waals surface area (Å²) < 4.78 is 37.2. The van der Waals surface area contributed by atoms with Crippen molar-refractivity contribution in [2.45, 2.75) is 19.0 Å². The molecule has 1 aliphatic rings. The molecular formula is C27H24ClF3N4O4. The van der Waals surface area contributed by atoms with Crippen LogP contribution in [0.3, 0.4) is 0 Å². The molecule has 0 aromatic heterocycles. The van der Waals surface area contributed by atoms with Crippen LogP contribution in [0.5, 0.6) is 5.75 Å². The van der Waals surface area contributed by atoms with Crippen LogP contribution in [-0.4, -0.2) is 59.8 Å². The molecule has 0 radical (unpaired) electrons. The Kier molecular flexibility index (Phi) is 8.39. The maximum atomic E-state index is 13.3. The van der Waals surface area contributed by atoms with Crippen molar-refractivity contribution >= 4 is 46.3 Å². The van der Waals surface area contributed by atoms with Crippen LogP contribution in [-0.2, 0) is 4.79 Å². The van der Waals surface area contributed by atoms with E-state index >= 15 is 0 Å². The van der Waals surface area contributed by atoms with E-state index in [1.807, 2.05) is 17.4 Å². The van der Waals surface area contributed by atoms with Crippen LogP contribution in [0.1, 0.15) is 39.1 Å². The van der Waals surface area contributed by atoms with Crippen LogP contribution in [0, 0.1) is 5.92 Å². The lowest BCUT2D eigenvalue weighted by atomic mass is 9.95. The highest BCUT2D eigenvalue weighted by atomic mass is 35.5. The number of hydrazone groups is 1. The standard InChI is InChI=1S/C27H24ClF3N4O4/c28-22-13-17(6-8-23(22)36)24(37)34-33-15-18-5-7-21(20-4-2-1-3-19(18)20)25(38)35-11-9-16(10-12-35)14-32-26(39)27(29,30)31/h1-8,13,15-16,36H,9-12,14H2,(H,32,39)(H,34,37)/b33-15+. The molecule has 0 aliphatic carbocycles. The first-order chi connectivity index (χ1) is 18.5. The van der Waals surface area contributed by atoms with Crippen LogP contribution < -0.4 is 10.7 Å². The molecule has 0 saturated carbocycles. The Bertz CT molecular complexity index is 1440. The van der Waals surface area contributed by atoms with Crippen molar-refractivity contribution in [3.8, 4) is 5.75 Å². The number of halogens is 4. The lowest BCUT2D eigenvalue weighted by Crippen LogP contribution is -2.44. The van der Waals surface area contributed by atoms with Gasteiger partial charge in [-0.15, -0.1) is 0 Å². The smallest absolute Gasteiger partial charge is 0.471 e. The fourth-order valence-corrected chi connectivity index (χ4v) is 4.52. The number of likely N-dealkylation sites (tertiary alicyclic amines) is 1. The molecular weight excluding hydrogens is 537 g/mol. The second-order valence-corrected chi connectivity index (χ2v) is 9.46. The number of aromatic hydroxyl groups is 1. The summed E-state index contributed by atoms with van der Waals surface area (Å²) in [6.45, 7) is 0.625. The average molecular weight is 561 g/mol. The summed E-state index contributed by atoms with van der Waals surface area (Å²) in [5.41, 5.74) is 3.74. The third-order valence-electron chi connectivity index (χ3n) is 6.48. The van der Waals surface area contributed by atoms with E-state index in [0.29, 0.717) is 42.4 Å². The van der Waals surface area contributed by atoms with Gasteiger partial charge in [0.25, 0.3) is 11.8 Å². The van der Waals surface area contributed by atoms with Gasteiger partial charge in [0.2, 0.25) is 0 Å². The Morgan fingerprint density at radius 2 is 1.74 bits per heavy atom. The molecule has 12 heteroatoms. The quantitative estimate of drug-likeness (QED) is 0.305. The highest BCUT2D eigenvalue weighted by molar-refractivity contribution is 6.32. The van der Waals surface area contributed by atoms with Crippen LogP contribution in [0.15, 0.2) is 59.7 Å². The molecule has 3 amide bonds. The maximum absolute atomic E-state index is 13.3. The van der Waals surface area contributed by atoms with Crippen molar-refractivity contribution in [1.82, 2.24) is 15.6 Å². The summed E-state index contributed by atoms with van der Waals surface area (Å²) in [5.74, 6) is -2.98. The molecule has 4 rings (SSSR count). The molecule has 1 fully saturated rings. The van der Waals surface area contributed by atoms with Crippen molar-refractivity contribution < 1.29 is 32.7 Å². The molecule has 1 heterocycles. The molecule has 39 heavy (non-hydrogen) atoms. The van der Waals surface area contributed by atoms with E-state index in [1.54, 1.807) is 29.2 Å². The monoisotopic (exact) mass is 560 g/mol. The van der Waals surface area contributed by atoms with Crippen molar-refractivity contribution in [3.05, 3.63) is 76.3 Å². The first kappa shape index (κ1) is 27.9. The van der Waals surface area contributed by atoms with Crippen molar-refractivity contribution in [2.75, 3.05) is 19.6 Å². The Hall–Kier alpha value is -4.12. The SMILES string of the molecule is O=C(N/N=C/c1ccc(C(=O)N2CCC(CNC(=O)C(F)(F)F)CC2)c2ccccc12)c1ccc(O)c(Cl)c1. The number of amides is 3. The summed E-state index contributed by atoms with van der Waals surface area (Å²) in [6, 6.07) is 14.6. The van der Waals surface area contributed by atoms with Crippen LogP contribution in [0.4, 0.5) is 13.2 Å². The lowest BCUT2D eigenvalue weighted by Gasteiger charge is -2.32. The van der Waals surface area contributed by atoms with Gasteiger partial charge < -0.3 is 15.3 Å². The normalized spacial score (nSPS) is 14.5. The highest BCUT2D eigenvalue weighted by Crippen LogP contribution is 2.26. The van der Waals surface area contributed by atoms with Gasteiger partial charge >= 0.3 is 12.1 Å². The minimum Gasteiger partial charge on any atom is -0.506 e. The average Bonchev–Trinajstić information content (AvgIpc) is 2.92. The zero-order valence-corrected chi connectivity index (χ0v) is 21.2. The predicted molar refractivity (Wildman–Crippen MR) is 140 cm³/mol. The summed E-state index contributed by atoms with van der Waals surface area (Å²) in [5, 5.41) is 16.9. The predicted octanol–water partition coefficient (Wildman–Crippen LogP) is 4.49. The maximum Gasteiger partial charge on any atom is 0.471 e. The van der Waals surface area contributed by atoms with Crippen molar-refractivity contribution in [2.24, 2.45) is 11.0 Å². The topological polar surface area (TPSA) is 111 Å². The number of piperidine rings is 1. The lowest BCUT2D eigenvalue weighted by molar-refractivity contribution is -0.173. The summed E-state index contributed by atoms with van der Waals surface area (Å²) >= 11 is 5.85. The highest BCUT2D eigenvalue weighted by Gasteiger charge is 2.38. The second kappa shape index (κ2) is 11.7. The van der Waals surface area contributed by atoms with Crippen LogP contribution in [0.25, 0.3) is 10.8 Å². The van der Waals surface area contributed by atoms with E-state index in [-0.39, 0.29) is 34.7 Å². The summed E-state index contributed by atoms with van der Waals surface area (Å²) in [6.07, 6.45) is -2.52. The third-order valence-corrected chi connectivity index (χ3v) is 6.78. The summed E-state index contributed by atoms with van der Waals surface area (Å²) in [7, 11) is 0. The first-order valence-electron chi connectivity index (χ1n) is 12.0. The Balaban J connectivity index is 1.42. The van der Waals surface area contributed by atoms with E-state index in [2.05, 4.69) is 10.5 Å². The molecule has 1 saturated heterocycles. The van der Waals surface area contributed by atoms with Gasteiger partial charge in [-0.25, -0.2) is 5.43 Å². The first-order valence-corrected chi connectivity index (χ1v) is 12.4. The van der Waals surface area contributed by atoms with Crippen molar-refractivity contribution in [1.29, 1.82) is 0 Å².